The molecule has 2 amide bonds. The van der Waals surface area contributed by atoms with E-state index in [0.717, 1.165) is 35.1 Å². The van der Waals surface area contributed by atoms with Crippen molar-refractivity contribution < 1.29 is 27.9 Å². The smallest absolute Gasteiger partial charge is 0.338 e. The molecule has 1 aliphatic rings. The maximum atomic E-state index is 14.1. The lowest BCUT2D eigenvalue weighted by atomic mass is 10.1. The Morgan fingerprint density at radius 1 is 1.14 bits per heavy atom. The highest BCUT2D eigenvalue weighted by Crippen LogP contribution is 2.35. The highest BCUT2D eigenvalue weighted by molar-refractivity contribution is 8.18. The van der Waals surface area contributed by atoms with Gasteiger partial charge >= 0.3 is 5.97 Å². The van der Waals surface area contributed by atoms with Crippen molar-refractivity contribution >= 4 is 46.6 Å². The Hall–Kier alpha value is -3.36. The first-order valence-electron chi connectivity index (χ1n) is 10.9. The van der Waals surface area contributed by atoms with Gasteiger partial charge in [0.2, 0.25) is 0 Å². The Morgan fingerprint density at radius 2 is 1.91 bits per heavy atom. The number of carbonyl (C=O) groups excluding carboxylic acids is 3. The molecule has 0 atom stereocenters. The lowest BCUT2D eigenvalue weighted by Gasteiger charge is -2.14. The van der Waals surface area contributed by atoms with Gasteiger partial charge in [0.25, 0.3) is 11.1 Å². The van der Waals surface area contributed by atoms with Crippen LogP contribution in [0.1, 0.15) is 41.4 Å². The Kier molecular flexibility index (Phi) is 7.73. The molecule has 1 fully saturated rings. The van der Waals surface area contributed by atoms with Gasteiger partial charge in [-0.05, 0) is 54.6 Å². The van der Waals surface area contributed by atoms with E-state index in [4.69, 9.17) is 20.8 Å². The summed E-state index contributed by atoms with van der Waals surface area (Å²) < 4.78 is 25.1. The molecule has 9 heteroatoms. The molecule has 1 saturated heterocycles. The summed E-state index contributed by atoms with van der Waals surface area (Å²) in [6.07, 6.45) is 3.23. The molecule has 0 radical (unpaired) electrons. The molecule has 0 saturated carbocycles. The predicted octanol–water partition coefficient (Wildman–Crippen LogP) is 6.93. The normalized spacial score (nSPS) is 14.7. The molecule has 0 bridgehead atoms. The summed E-state index contributed by atoms with van der Waals surface area (Å²) >= 11 is 6.78. The summed E-state index contributed by atoms with van der Waals surface area (Å²) in [5.74, 6) is -0.617. The number of halogens is 2. The molecule has 180 valence electrons. The fourth-order valence-electron chi connectivity index (χ4n) is 3.36. The highest BCUT2D eigenvalue weighted by atomic mass is 35.5. The third kappa shape index (κ3) is 5.66. The van der Waals surface area contributed by atoms with Gasteiger partial charge in [0.05, 0.1) is 23.6 Å². The van der Waals surface area contributed by atoms with Crippen molar-refractivity contribution in [2.24, 2.45) is 0 Å². The summed E-state index contributed by atoms with van der Waals surface area (Å²) in [5.41, 5.74) is 1.26. The number of ether oxygens (including phenoxy) is 1. The second-order valence-electron chi connectivity index (χ2n) is 7.74. The minimum Gasteiger partial charge on any atom is -0.462 e. The predicted molar refractivity (Wildman–Crippen MR) is 132 cm³/mol. The van der Waals surface area contributed by atoms with E-state index >= 15 is 0 Å². The lowest BCUT2D eigenvalue weighted by molar-refractivity contribution is -0.123. The number of nitrogens with zero attached hydrogens (tertiary/aromatic N) is 1. The average molecular weight is 514 g/mol. The van der Waals surface area contributed by atoms with Crippen LogP contribution in [0.5, 0.6) is 0 Å². The summed E-state index contributed by atoms with van der Waals surface area (Å²) in [5, 5.41) is -0.377. The van der Waals surface area contributed by atoms with Gasteiger partial charge in [-0.1, -0.05) is 43.1 Å². The quantitative estimate of drug-likeness (QED) is 0.184. The number of furan rings is 1. The van der Waals surface area contributed by atoms with Crippen LogP contribution in [0.4, 0.5) is 9.18 Å². The van der Waals surface area contributed by atoms with E-state index in [0.29, 0.717) is 23.7 Å². The highest BCUT2D eigenvalue weighted by Gasteiger charge is 2.36. The summed E-state index contributed by atoms with van der Waals surface area (Å²) in [6, 6.07) is 14.4. The molecule has 6 nitrogen and oxygen atoms in total. The Labute approximate surface area is 210 Å². The van der Waals surface area contributed by atoms with Gasteiger partial charge in [0.15, 0.2) is 0 Å². The first-order valence-corrected chi connectivity index (χ1v) is 12.1. The van der Waals surface area contributed by atoms with Crippen LogP contribution in [0.15, 0.2) is 63.9 Å². The number of unbranched alkanes of at least 4 members (excludes halogenated alkanes) is 1. The maximum Gasteiger partial charge on any atom is 0.338 e. The van der Waals surface area contributed by atoms with Gasteiger partial charge in [-0.3, -0.25) is 14.5 Å². The van der Waals surface area contributed by atoms with Crippen LogP contribution in [0.3, 0.4) is 0 Å². The molecule has 0 spiro atoms. The number of amides is 2. The first kappa shape index (κ1) is 24.8. The number of benzene rings is 2. The van der Waals surface area contributed by atoms with Gasteiger partial charge in [-0.25, -0.2) is 9.18 Å². The fraction of sp³-hybridized carbons (Fsp3) is 0.192. The van der Waals surface area contributed by atoms with E-state index in [1.54, 1.807) is 36.4 Å². The first-order chi connectivity index (χ1) is 16.9. The SMILES string of the molecule is CCCCOC(=O)c1ccc(-c2ccc(/C=C3\SC(=O)N(Cc4c(F)cccc4Cl)C3=O)o2)cc1. The second kappa shape index (κ2) is 10.9. The minimum atomic E-state index is -0.587. The Bertz CT molecular complexity index is 1280. The van der Waals surface area contributed by atoms with Gasteiger partial charge < -0.3 is 9.15 Å². The standard InChI is InChI=1S/C26H21ClFNO5S/c1-2-3-13-33-25(31)17-9-7-16(8-10-17)22-12-11-18(34-22)14-23-24(30)29(26(32)35-23)15-19-20(27)5-4-6-21(19)28/h4-12,14H,2-3,13,15H2,1H3/b23-14-. The van der Waals surface area contributed by atoms with E-state index in [9.17, 15) is 18.8 Å². The molecule has 1 aliphatic heterocycles. The lowest BCUT2D eigenvalue weighted by Crippen LogP contribution is -2.28. The van der Waals surface area contributed by atoms with Crippen molar-refractivity contribution in [3.63, 3.8) is 0 Å². The minimum absolute atomic E-state index is 0.0793. The molecule has 35 heavy (non-hydrogen) atoms. The number of esters is 1. The molecule has 1 aromatic heterocycles. The largest absolute Gasteiger partial charge is 0.462 e. The van der Waals surface area contributed by atoms with E-state index in [-0.39, 0.29) is 28.0 Å². The molecule has 2 aromatic carbocycles. The summed E-state index contributed by atoms with van der Waals surface area (Å²) in [7, 11) is 0. The van der Waals surface area contributed by atoms with Crippen LogP contribution < -0.4 is 0 Å². The second-order valence-corrected chi connectivity index (χ2v) is 9.14. The van der Waals surface area contributed by atoms with Crippen molar-refractivity contribution in [3.05, 3.63) is 87.2 Å². The number of rotatable bonds is 8. The monoisotopic (exact) mass is 513 g/mol. The average Bonchev–Trinajstić information content (AvgIpc) is 3.41. The zero-order chi connectivity index (χ0) is 24.9. The molecule has 2 heterocycles. The number of carbonyl (C=O) groups is 3. The van der Waals surface area contributed by atoms with E-state index in [2.05, 4.69) is 0 Å². The van der Waals surface area contributed by atoms with Crippen LogP contribution >= 0.6 is 23.4 Å². The number of thioether (sulfide) groups is 1. The molecule has 0 N–H and O–H groups in total. The van der Waals surface area contributed by atoms with E-state index in [1.165, 1.54) is 24.3 Å². The van der Waals surface area contributed by atoms with Crippen LogP contribution in [-0.4, -0.2) is 28.6 Å². The van der Waals surface area contributed by atoms with Crippen LogP contribution in [0.25, 0.3) is 17.4 Å². The maximum absolute atomic E-state index is 14.1. The van der Waals surface area contributed by atoms with Gasteiger partial charge in [-0.2, -0.15) is 0 Å². The zero-order valence-electron chi connectivity index (χ0n) is 18.8. The number of imide groups is 1. The van der Waals surface area contributed by atoms with Crippen LogP contribution in [-0.2, 0) is 16.1 Å². The zero-order valence-corrected chi connectivity index (χ0v) is 20.3. The molecule has 4 rings (SSSR count). The molecule has 0 unspecified atom stereocenters. The van der Waals surface area contributed by atoms with Crippen molar-refractivity contribution in [1.29, 1.82) is 0 Å². The Balaban J connectivity index is 1.46. The van der Waals surface area contributed by atoms with Gasteiger partial charge in [-0.15, -0.1) is 0 Å². The molecule has 0 aliphatic carbocycles. The van der Waals surface area contributed by atoms with Crippen LogP contribution in [0.2, 0.25) is 5.02 Å². The van der Waals surface area contributed by atoms with E-state index in [1.807, 2.05) is 6.92 Å². The summed E-state index contributed by atoms with van der Waals surface area (Å²) in [4.78, 5) is 38.3. The van der Waals surface area contributed by atoms with Gasteiger partial charge in [0, 0.05) is 22.2 Å². The number of hydrogen-bond acceptors (Lipinski definition) is 6. The van der Waals surface area contributed by atoms with Crippen molar-refractivity contribution in [2.75, 3.05) is 6.61 Å². The molecular weight excluding hydrogens is 493 g/mol. The van der Waals surface area contributed by atoms with Crippen molar-refractivity contribution in [3.8, 4) is 11.3 Å². The van der Waals surface area contributed by atoms with E-state index < -0.39 is 17.0 Å². The van der Waals surface area contributed by atoms with Crippen molar-refractivity contribution in [2.45, 2.75) is 26.3 Å². The third-order valence-corrected chi connectivity index (χ3v) is 6.55. The summed E-state index contributed by atoms with van der Waals surface area (Å²) in [6.45, 7) is 2.15. The van der Waals surface area contributed by atoms with Gasteiger partial charge in [0.1, 0.15) is 17.3 Å². The molecular formula is C26H21ClFNO5S. The number of hydrogen-bond donors (Lipinski definition) is 0. The topological polar surface area (TPSA) is 76.8 Å². The Morgan fingerprint density at radius 3 is 2.63 bits per heavy atom. The van der Waals surface area contributed by atoms with Crippen molar-refractivity contribution in [1.82, 2.24) is 4.90 Å². The van der Waals surface area contributed by atoms with Crippen LogP contribution in [0, 0.1) is 5.82 Å². The third-order valence-electron chi connectivity index (χ3n) is 5.29. The molecule has 3 aromatic rings. The fourth-order valence-corrected chi connectivity index (χ4v) is 4.40.